The Morgan fingerprint density at radius 1 is 0.824 bits per heavy atom. The minimum Gasteiger partial charge on any atom is -0.481 e. The van der Waals surface area contributed by atoms with Crippen LogP contribution in [0.5, 0.6) is 0 Å². The number of carbonyl (C=O) groups is 3. The third-order valence-corrected chi connectivity index (χ3v) is 9.78. The third-order valence-electron chi connectivity index (χ3n) is 9.78. The van der Waals surface area contributed by atoms with Crippen molar-refractivity contribution in [2.45, 2.75) is 51.0 Å². The highest BCUT2D eigenvalue weighted by atomic mass is 19.1. The average Bonchev–Trinajstić information content (AvgIpc) is 3.98. The first kappa shape index (κ1) is 33.8. The number of nitrogens with zero attached hydrogens (tertiary/aromatic N) is 3. The van der Waals surface area contributed by atoms with Gasteiger partial charge in [0.25, 0.3) is 5.91 Å². The fourth-order valence-electron chi connectivity index (χ4n) is 6.52. The number of carboxylic acid groups (broad SMARTS) is 1. The summed E-state index contributed by atoms with van der Waals surface area (Å²) in [6.07, 6.45) is 7.84. The molecule has 0 bridgehead atoms. The summed E-state index contributed by atoms with van der Waals surface area (Å²) in [6, 6.07) is 27.4. The largest absolute Gasteiger partial charge is 0.481 e. The molecule has 1 aliphatic carbocycles. The number of hydrogen-bond donors (Lipinski definition) is 2. The van der Waals surface area contributed by atoms with Gasteiger partial charge in [0.15, 0.2) is 5.82 Å². The van der Waals surface area contributed by atoms with Crippen molar-refractivity contribution in [3.05, 3.63) is 131 Å². The Kier molecular flexibility index (Phi) is 9.70. The predicted molar refractivity (Wildman–Crippen MR) is 193 cm³/mol. The van der Waals surface area contributed by atoms with Crippen molar-refractivity contribution < 1.29 is 23.9 Å². The SMILES string of the molecule is CCCc1ccc(-c2ccc(-c3cnc(-c4ccc(C[C@H](NC(=O)c5ccc(C6CC6)cc5)C(=O)N5CC(C(=O)O)C5)cc4)nc3)c(F)c2)cc1. The molecule has 2 aliphatic rings. The van der Waals surface area contributed by atoms with Crippen LogP contribution in [0, 0.1) is 11.7 Å². The number of carbonyl (C=O) groups excluding carboxylic acids is 2. The van der Waals surface area contributed by atoms with Gasteiger partial charge in [-0.1, -0.05) is 86.1 Å². The molecular formula is C42H39FN4O4. The molecular weight excluding hydrogens is 643 g/mol. The molecule has 4 aromatic carbocycles. The molecule has 2 fully saturated rings. The predicted octanol–water partition coefficient (Wildman–Crippen LogP) is 7.33. The molecule has 8 nitrogen and oxygen atoms in total. The molecule has 5 aromatic rings. The molecule has 51 heavy (non-hydrogen) atoms. The lowest BCUT2D eigenvalue weighted by molar-refractivity contribution is -0.153. The van der Waals surface area contributed by atoms with Gasteiger partial charge < -0.3 is 15.3 Å². The van der Waals surface area contributed by atoms with Gasteiger partial charge in [-0.05, 0) is 71.2 Å². The van der Waals surface area contributed by atoms with Gasteiger partial charge in [-0.15, -0.1) is 0 Å². The van der Waals surface area contributed by atoms with E-state index in [1.165, 1.54) is 22.1 Å². The second-order valence-electron chi connectivity index (χ2n) is 13.5. The fraction of sp³-hybridized carbons (Fsp3) is 0.262. The van der Waals surface area contributed by atoms with Gasteiger partial charge in [-0.25, -0.2) is 14.4 Å². The summed E-state index contributed by atoms with van der Waals surface area (Å²) in [5.41, 5.74) is 7.22. The van der Waals surface area contributed by atoms with Crippen LogP contribution in [0.2, 0.25) is 0 Å². The maximum atomic E-state index is 15.3. The fourth-order valence-corrected chi connectivity index (χ4v) is 6.52. The first-order valence-corrected chi connectivity index (χ1v) is 17.5. The normalized spacial score (nSPS) is 14.8. The van der Waals surface area contributed by atoms with Crippen molar-refractivity contribution >= 4 is 17.8 Å². The summed E-state index contributed by atoms with van der Waals surface area (Å²) in [5.74, 6) is -1.54. The zero-order chi connectivity index (χ0) is 35.5. The summed E-state index contributed by atoms with van der Waals surface area (Å²) in [4.78, 5) is 48.6. The molecule has 1 aliphatic heterocycles. The van der Waals surface area contributed by atoms with Crippen LogP contribution in [0.1, 0.15) is 59.2 Å². The number of aliphatic carboxylic acids is 1. The van der Waals surface area contributed by atoms with Gasteiger partial charge in [-0.3, -0.25) is 14.4 Å². The number of hydrogen-bond acceptors (Lipinski definition) is 5. The van der Waals surface area contributed by atoms with E-state index in [0.717, 1.165) is 47.9 Å². The van der Waals surface area contributed by atoms with Crippen LogP contribution in [-0.2, 0) is 22.4 Å². The highest BCUT2D eigenvalue weighted by Crippen LogP contribution is 2.40. The number of amides is 2. The second kappa shape index (κ2) is 14.6. The molecule has 0 unspecified atom stereocenters. The summed E-state index contributed by atoms with van der Waals surface area (Å²) >= 11 is 0. The van der Waals surface area contributed by atoms with E-state index in [1.54, 1.807) is 30.6 Å². The number of carboxylic acids is 1. The summed E-state index contributed by atoms with van der Waals surface area (Å²) in [5, 5.41) is 12.2. The number of rotatable bonds is 12. The van der Waals surface area contributed by atoms with Crippen molar-refractivity contribution in [2.24, 2.45) is 5.92 Å². The Morgan fingerprint density at radius 2 is 1.45 bits per heavy atom. The summed E-state index contributed by atoms with van der Waals surface area (Å²) < 4.78 is 15.3. The molecule has 2 N–H and O–H groups in total. The van der Waals surface area contributed by atoms with E-state index in [0.29, 0.717) is 28.4 Å². The van der Waals surface area contributed by atoms with Crippen molar-refractivity contribution in [2.75, 3.05) is 13.1 Å². The maximum Gasteiger partial charge on any atom is 0.310 e. The minimum atomic E-state index is -0.937. The van der Waals surface area contributed by atoms with Crippen molar-refractivity contribution in [3.8, 4) is 33.6 Å². The van der Waals surface area contributed by atoms with Crippen LogP contribution in [0.15, 0.2) is 103 Å². The summed E-state index contributed by atoms with van der Waals surface area (Å²) in [6.45, 7) is 2.37. The number of aromatic nitrogens is 2. The lowest BCUT2D eigenvalue weighted by atomic mass is 9.96. The van der Waals surface area contributed by atoms with Gasteiger partial charge in [0.2, 0.25) is 5.91 Å². The van der Waals surface area contributed by atoms with Crippen LogP contribution < -0.4 is 5.32 Å². The van der Waals surface area contributed by atoms with Gasteiger partial charge >= 0.3 is 5.97 Å². The number of nitrogens with one attached hydrogen (secondary N) is 1. The lowest BCUT2D eigenvalue weighted by Crippen LogP contribution is -2.59. The van der Waals surface area contributed by atoms with Gasteiger partial charge in [-0.2, -0.15) is 0 Å². The number of likely N-dealkylation sites (tertiary alicyclic amines) is 1. The topological polar surface area (TPSA) is 112 Å². The van der Waals surface area contributed by atoms with E-state index in [4.69, 9.17) is 0 Å². The molecule has 0 spiro atoms. The molecule has 7 rings (SSSR count). The Bertz CT molecular complexity index is 2040. The van der Waals surface area contributed by atoms with Crippen molar-refractivity contribution in [1.29, 1.82) is 0 Å². The monoisotopic (exact) mass is 682 g/mol. The molecule has 0 radical (unpaired) electrons. The highest BCUT2D eigenvalue weighted by Gasteiger charge is 2.39. The number of benzene rings is 4. The molecule has 1 saturated carbocycles. The average molecular weight is 683 g/mol. The van der Waals surface area contributed by atoms with Crippen LogP contribution >= 0.6 is 0 Å². The van der Waals surface area contributed by atoms with Crippen LogP contribution in [0.4, 0.5) is 4.39 Å². The first-order chi connectivity index (χ1) is 24.7. The number of aryl methyl sites for hydroxylation is 1. The van der Waals surface area contributed by atoms with Crippen LogP contribution in [0.3, 0.4) is 0 Å². The molecule has 1 aromatic heterocycles. The van der Waals surface area contributed by atoms with Gasteiger partial charge in [0.1, 0.15) is 11.9 Å². The Balaban J connectivity index is 1.03. The first-order valence-electron chi connectivity index (χ1n) is 17.5. The molecule has 258 valence electrons. The van der Waals surface area contributed by atoms with E-state index < -0.39 is 17.9 Å². The van der Waals surface area contributed by atoms with Crippen LogP contribution in [-0.4, -0.2) is 56.9 Å². The standard InChI is InChI=1S/C42H39FN4O4/c1-2-3-26-4-8-30(9-5-26)33-18-19-36(37(43)21-33)34-22-44-39(45-23-34)31-10-6-27(7-11-31)20-38(41(49)47-24-35(25-47)42(50)51)46-40(48)32-16-14-29(15-17-32)28-12-13-28/h4-11,14-19,21-23,28,35,38H,2-3,12-13,20,24-25H2,1H3,(H,46,48)(H,50,51)/t38-/m0/s1. The molecule has 9 heteroatoms. The quantitative estimate of drug-likeness (QED) is 0.143. The molecule has 1 atom stereocenters. The van der Waals surface area contributed by atoms with Crippen molar-refractivity contribution in [3.63, 3.8) is 0 Å². The smallest absolute Gasteiger partial charge is 0.310 e. The molecule has 2 heterocycles. The second-order valence-corrected chi connectivity index (χ2v) is 13.5. The molecule has 2 amide bonds. The zero-order valence-electron chi connectivity index (χ0n) is 28.4. The Hall–Kier alpha value is -5.70. The summed E-state index contributed by atoms with van der Waals surface area (Å²) in [7, 11) is 0. The van der Waals surface area contributed by atoms with Gasteiger partial charge in [0, 0.05) is 54.2 Å². The van der Waals surface area contributed by atoms with E-state index in [9.17, 15) is 19.5 Å². The third kappa shape index (κ3) is 7.72. The van der Waals surface area contributed by atoms with E-state index in [-0.39, 0.29) is 37.1 Å². The molecule has 1 saturated heterocycles. The lowest BCUT2D eigenvalue weighted by Gasteiger charge is -2.39. The zero-order valence-corrected chi connectivity index (χ0v) is 28.4. The Labute approximate surface area is 296 Å². The maximum absolute atomic E-state index is 15.3. The minimum absolute atomic E-state index is 0.115. The van der Waals surface area contributed by atoms with Crippen molar-refractivity contribution in [1.82, 2.24) is 20.2 Å². The van der Waals surface area contributed by atoms with Gasteiger partial charge in [0.05, 0.1) is 5.92 Å². The highest BCUT2D eigenvalue weighted by molar-refractivity contribution is 5.98. The van der Waals surface area contributed by atoms with E-state index in [2.05, 4.69) is 34.3 Å². The van der Waals surface area contributed by atoms with E-state index in [1.807, 2.05) is 54.6 Å². The number of halogens is 1. The Morgan fingerprint density at radius 3 is 2.06 bits per heavy atom. The van der Waals surface area contributed by atoms with Crippen LogP contribution in [0.25, 0.3) is 33.6 Å². The van der Waals surface area contributed by atoms with E-state index >= 15 is 4.39 Å².